The van der Waals surface area contributed by atoms with Crippen LogP contribution in [0.3, 0.4) is 0 Å². The zero-order valence-corrected chi connectivity index (χ0v) is 22.9. The Hall–Kier alpha value is -3.50. The molecule has 5 rings (SSSR count). The Balaban J connectivity index is 1.55. The van der Waals surface area contributed by atoms with Crippen LogP contribution in [0.15, 0.2) is 54.6 Å². The highest BCUT2D eigenvalue weighted by Crippen LogP contribution is 2.55. The van der Waals surface area contributed by atoms with E-state index in [4.69, 9.17) is 9.47 Å². The van der Waals surface area contributed by atoms with E-state index in [-0.39, 0.29) is 56.3 Å². The summed E-state index contributed by atoms with van der Waals surface area (Å²) in [5, 5.41) is 12.4. The highest BCUT2D eigenvalue weighted by molar-refractivity contribution is 5.99. The highest BCUT2D eigenvalue weighted by Gasteiger charge is 2.73. The maximum atomic E-state index is 14.2. The summed E-state index contributed by atoms with van der Waals surface area (Å²) < 4.78 is 12.4. The molecule has 214 valence electrons. The highest BCUT2D eigenvalue weighted by atomic mass is 16.6. The molecule has 2 fully saturated rings. The fourth-order valence-corrected chi connectivity index (χ4v) is 6.34. The van der Waals surface area contributed by atoms with Gasteiger partial charge in [-0.25, -0.2) is 0 Å². The van der Waals surface area contributed by atoms with Gasteiger partial charge in [-0.1, -0.05) is 54.6 Å². The standard InChI is InChI=1S/C30H37N3O7/c1-19(2)32-15-8-4-7-12-23(35)31-18-22(20-10-5-3-6-11-20)39-29(38)24-21-13-14-30(40-21)25(24)27(36)33(16-9-17-34)26(30)28(32)37/h3-6,8,10-11,13-14,19,21-22,24-26,34H,7,9,12,15-18H2,1-2H3,(H,31,35)/b8-4-/t21-,22-,24+,25+,26-,30+/m0/s1. The van der Waals surface area contributed by atoms with Crippen LogP contribution in [0.4, 0.5) is 0 Å². The van der Waals surface area contributed by atoms with Crippen LogP contribution < -0.4 is 5.32 Å². The van der Waals surface area contributed by atoms with Gasteiger partial charge in [0.05, 0.1) is 18.6 Å². The number of aliphatic hydroxyl groups excluding tert-OH is 1. The molecule has 1 spiro atoms. The van der Waals surface area contributed by atoms with Gasteiger partial charge >= 0.3 is 5.97 Å². The number of esters is 1. The number of allylic oxidation sites excluding steroid dienone is 1. The Kier molecular flexibility index (Phi) is 8.09. The first-order chi connectivity index (χ1) is 19.3. The second kappa shape index (κ2) is 11.5. The van der Waals surface area contributed by atoms with E-state index in [2.05, 4.69) is 5.32 Å². The van der Waals surface area contributed by atoms with E-state index in [1.165, 1.54) is 4.90 Å². The summed E-state index contributed by atoms with van der Waals surface area (Å²) >= 11 is 0. The van der Waals surface area contributed by atoms with E-state index in [0.717, 1.165) is 0 Å². The van der Waals surface area contributed by atoms with Crippen LogP contribution in [0.25, 0.3) is 0 Å². The van der Waals surface area contributed by atoms with Gasteiger partial charge in [-0.3, -0.25) is 19.2 Å². The maximum Gasteiger partial charge on any atom is 0.313 e. The molecular weight excluding hydrogens is 514 g/mol. The predicted octanol–water partition coefficient (Wildman–Crippen LogP) is 1.51. The van der Waals surface area contributed by atoms with E-state index in [9.17, 15) is 24.3 Å². The number of carbonyl (C=O) groups is 4. The molecule has 1 aromatic rings. The number of cyclic esters (lactones) is 1. The van der Waals surface area contributed by atoms with Crippen molar-refractivity contribution in [2.75, 3.05) is 26.2 Å². The Morgan fingerprint density at radius 2 is 1.88 bits per heavy atom. The Morgan fingerprint density at radius 1 is 1.10 bits per heavy atom. The molecule has 40 heavy (non-hydrogen) atoms. The van der Waals surface area contributed by atoms with Gasteiger partial charge in [0.25, 0.3) is 0 Å². The molecule has 4 aliphatic heterocycles. The van der Waals surface area contributed by atoms with Crippen molar-refractivity contribution in [2.45, 2.75) is 63.0 Å². The van der Waals surface area contributed by atoms with E-state index in [1.807, 2.05) is 56.3 Å². The lowest BCUT2D eigenvalue weighted by molar-refractivity contribution is -0.159. The second-order valence-corrected chi connectivity index (χ2v) is 11.0. The number of amides is 3. The molecule has 4 heterocycles. The Bertz CT molecular complexity index is 1200. The number of nitrogens with zero attached hydrogens (tertiary/aromatic N) is 2. The normalized spacial score (nSPS) is 33.4. The maximum absolute atomic E-state index is 14.2. The van der Waals surface area contributed by atoms with Gasteiger partial charge in [0.1, 0.15) is 23.7 Å². The fourth-order valence-electron chi connectivity index (χ4n) is 6.34. The first kappa shape index (κ1) is 28.0. The summed E-state index contributed by atoms with van der Waals surface area (Å²) in [6.07, 6.45) is 6.79. The van der Waals surface area contributed by atoms with Crippen molar-refractivity contribution in [3.63, 3.8) is 0 Å². The third-order valence-electron chi connectivity index (χ3n) is 8.26. The third kappa shape index (κ3) is 4.94. The minimum absolute atomic E-state index is 0.0843. The smallest absolute Gasteiger partial charge is 0.313 e. The Morgan fingerprint density at radius 3 is 2.60 bits per heavy atom. The molecule has 6 atom stereocenters. The fraction of sp³-hybridized carbons (Fsp3) is 0.533. The third-order valence-corrected chi connectivity index (χ3v) is 8.26. The zero-order chi connectivity index (χ0) is 28.4. The predicted molar refractivity (Wildman–Crippen MR) is 144 cm³/mol. The van der Waals surface area contributed by atoms with Gasteiger partial charge in [0.2, 0.25) is 17.7 Å². The average Bonchev–Trinajstić information content (AvgIpc) is 3.58. The molecule has 0 unspecified atom stereocenters. The zero-order valence-electron chi connectivity index (χ0n) is 22.9. The average molecular weight is 552 g/mol. The summed E-state index contributed by atoms with van der Waals surface area (Å²) in [5.41, 5.74) is -0.592. The van der Waals surface area contributed by atoms with Crippen LogP contribution in [0, 0.1) is 11.8 Å². The van der Waals surface area contributed by atoms with E-state index in [0.29, 0.717) is 18.5 Å². The molecule has 1 aromatic carbocycles. The summed E-state index contributed by atoms with van der Waals surface area (Å²) in [5.74, 6) is -3.31. The van der Waals surface area contributed by atoms with Gasteiger partial charge in [-0.15, -0.1) is 0 Å². The van der Waals surface area contributed by atoms with Gasteiger partial charge < -0.3 is 29.7 Å². The molecule has 4 aliphatic rings. The molecule has 2 saturated heterocycles. The summed E-state index contributed by atoms with van der Waals surface area (Å²) in [7, 11) is 0. The van der Waals surface area contributed by atoms with Crippen molar-refractivity contribution < 1.29 is 33.8 Å². The van der Waals surface area contributed by atoms with Crippen LogP contribution in [-0.2, 0) is 28.7 Å². The van der Waals surface area contributed by atoms with E-state index >= 15 is 0 Å². The number of fused-ring (bicyclic) bond motifs is 2. The van der Waals surface area contributed by atoms with Crippen LogP contribution in [-0.4, -0.2) is 88.6 Å². The van der Waals surface area contributed by atoms with Gasteiger partial charge in [-0.05, 0) is 32.3 Å². The van der Waals surface area contributed by atoms with Crippen molar-refractivity contribution in [3.8, 4) is 0 Å². The topological polar surface area (TPSA) is 125 Å². The first-order valence-electron chi connectivity index (χ1n) is 14.0. The van der Waals surface area contributed by atoms with Crippen LogP contribution in [0.1, 0.15) is 44.8 Å². The van der Waals surface area contributed by atoms with Crippen LogP contribution >= 0.6 is 0 Å². The largest absolute Gasteiger partial charge is 0.455 e. The monoisotopic (exact) mass is 551 g/mol. The molecule has 0 radical (unpaired) electrons. The lowest BCUT2D eigenvalue weighted by Gasteiger charge is -2.37. The lowest BCUT2D eigenvalue weighted by atomic mass is 9.74. The second-order valence-electron chi connectivity index (χ2n) is 11.0. The number of likely N-dealkylation sites (tertiary alicyclic amines) is 1. The lowest BCUT2D eigenvalue weighted by Crippen LogP contribution is -2.57. The van der Waals surface area contributed by atoms with E-state index in [1.54, 1.807) is 17.1 Å². The van der Waals surface area contributed by atoms with Gasteiger partial charge in [-0.2, -0.15) is 0 Å². The number of nitrogens with one attached hydrogen (secondary N) is 1. The number of benzene rings is 1. The summed E-state index contributed by atoms with van der Waals surface area (Å²) in [4.78, 5) is 57.7. The van der Waals surface area contributed by atoms with Crippen molar-refractivity contribution >= 4 is 23.7 Å². The molecule has 0 aromatic heterocycles. The van der Waals surface area contributed by atoms with Crippen LogP contribution in [0.5, 0.6) is 0 Å². The van der Waals surface area contributed by atoms with Crippen molar-refractivity contribution in [3.05, 3.63) is 60.2 Å². The van der Waals surface area contributed by atoms with Crippen LogP contribution in [0.2, 0.25) is 0 Å². The minimum Gasteiger partial charge on any atom is -0.455 e. The van der Waals surface area contributed by atoms with Gasteiger partial charge in [0.15, 0.2) is 0 Å². The van der Waals surface area contributed by atoms with E-state index < -0.39 is 41.7 Å². The number of carbonyl (C=O) groups excluding carboxylic acids is 4. The summed E-state index contributed by atoms with van der Waals surface area (Å²) in [6.45, 7) is 4.20. The van der Waals surface area contributed by atoms with Crippen molar-refractivity contribution in [2.24, 2.45) is 11.8 Å². The molecule has 10 nitrogen and oxygen atoms in total. The van der Waals surface area contributed by atoms with Gasteiger partial charge in [0, 0.05) is 32.2 Å². The molecule has 0 saturated carbocycles. The minimum atomic E-state index is -1.31. The SMILES string of the molecule is CC(C)N1C/C=C\CCC(=O)NC[C@@H](c2ccccc2)OC(=O)[C@@H]2[C@@H]3C=C[C@]4(O3)[C@H](C1=O)N(CCCO)C(=O)[C@@H]24. The summed E-state index contributed by atoms with van der Waals surface area (Å²) in [6, 6.07) is 7.99. The number of hydrogen-bond donors (Lipinski definition) is 2. The number of rotatable bonds is 5. The quantitative estimate of drug-likeness (QED) is 0.420. The van der Waals surface area contributed by atoms with Crippen molar-refractivity contribution in [1.82, 2.24) is 15.1 Å². The Labute approximate surface area is 234 Å². The first-order valence-corrected chi connectivity index (χ1v) is 14.0. The molecule has 3 amide bonds. The number of aliphatic hydroxyl groups is 1. The molecule has 0 aliphatic carbocycles. The number of hydrogen-bond acceptors (Lipinski definition) is 7. The molecule has 5 bridgehead atoms. The number of ether oxygens (including phenoxy) is 2. The molecular formula is C30H37N3O7. The molecule has 2 N–H and O–H groups in total. The van der Waals surface area contributed by atoms with Crippen molar-refractivity contribution in [1.29, 1.82) is 0 Å². The molecule has 10 heteroatoms.